The summed E-state index contributed by atoms with van der Waals surface area (Å²) in [7, 11) is 1.99. The molecule has 2 amide bonds. The molecule has 0 radical (unpaired) electrons. The average molecular weight is 818 g/mol. The maximum Gasteiger partial charge on any atom is 0.264 e. The van der Waals surface area contributed by atoms with Crippen molar-refractivity contribution in [3.63, 3.8) is 0 Å². The molecule has 0 spiro atoms. The molecule has 1 fully saturated rings. The van der Waals surface area contributed by atoms with Gasteiger partial charge in [0.05, 0.1) is 24.3 Å². The number of amides is 2. The summed E-state index contributed by atoms with van der Waals surface area (Å²) in [4.78, 5) is 36.3. The smallest absolute Gasteiger partial charge is 0.264 e. The summed E-state index contributed by atoms with van der Waals surface area (Å²) >= 11 is 0. The molecule has 4 aliphatic heterocycles. The summed E-state index contributed by atoms with van der Waals surface area (Å²) in [5.74, 6) is 0.463. The van der Waals surface area contributed by atoms with Gasteiger partial charge in [-0.15, -0.1) is 12.4 Å². The number of phenolic OH excluding ortho intramolecular Hbond substituents is 1. The van der Waals surface area contributed by atoms with E-state index in [-0.39, 0.29) is 55.2 Å². The number of aromatic nitrogens is 2. The minimum Gasteiger partial charge on any atom is -0.508 e. The highest BCUT2D eigenvalue weighted by atomic mass is 35.5. The Morgan fingerprint density at radius 3 is 2.47 bits per heavy atom. The fourth-order valence-electron chi connectivity index (χ4n) is 9.20. The van der Waals surface area contributed by atoms with Crippen LogP contribution in [0.15, 0.2) is 91.1 Å². The minimum atomic E-state index is -0.285. The summed E-state index contributed by atoms with van der Waals surface area (Å²) in [6, 6.07) is 25.0. The van der Waals surface area contributed by atoms with Crippen molar-refractivity contribution in [2.24, 2.45) is 7.05 Å². The van der Waals surface area contributed by atoms with Crippen LogP contribution in [0.25, 0.3) is 22.2 Å². The minimum absolute atomic E-state index is 0. The SMILES string of the molecule is Cl.Cn1ccc2cc(N(C(=O)c3cc(-c4cc5c(cc4C(=O)N4Cc6cccc(F)c6C[C@H]4CN4CCOCC4)OCO5)n4c3CCCC4)c3ccc(O)cc3)ccc21. The van der Waals surface area contributed by atoms with Gasteiger partial charge in [0.15, 0.2) is 11.5 Å². The van der Waals surface area contributed by atoms with Gasteiger partial charge in [0, 0.05) is 91.2 Å². The fourth-order valence-corrected chi connectivity index (χ4v) is 9.20. The number of benzene rings is 4. The lowest BCUT2D eigenvalue weighted by Crippen LogP contribution is -2.52. The van der Waals surface area contributed by atoms with Crippen molar-refractivity contribution >= 4 is 46.5 Å². The molecule has 13 heteroatoms. The quantitative estimate of drug-likeness (QED) is 0.175. The number of aryl methyl sites for hydroxylation is 1. The van der Waals surface area contributed by atoms with Gasteiger partial charge in [-0.2, -0.15) is 0 Å². The van der Waals surface area contributed by atoms with Crippen molar-refractivity contribution in [3.8, 4) is 28.5 Å². The molecule has 0 unspecified atom stereocenters. The standard InChI is InChI=1S/C46H44FN5O6.ClH/c1-48-16-14-29-21-32(10-13-40(29)48)52(31-8-11-34(53)12-9-31)46(55)38-23-42(50-15-3-2-7-41(38)50)36-24-43-44(58-28-57-43)25-37(36)45(54)51-26-30-5-4-6-39(47)35(30)22-33(51)27-49-17-19-56-20-18-49;/h4-6,8-14,16,21,23-25,33,53H,2-3,7,15,17-20,22,26-28H2,1H3;1H/t33-;/m0./s1. The first-order chi connectivity index (χ1) is 28.3. The van der Waals surface area contributed by atoms with E-state index in [0.29, 0.717) is 84.3 Å². The first-order valence-corrected chi connectivity index (χ1v) is 20.0. The van der Waals surface area contributed by atoms with E-state index in [2.05, 4.69) is 9.47 Å². The molecular formula is C46H45ClFN5O6. The zero-order chi connectivity index (χ0) is 39.5. The summed E-state index contributed by atoms with van der Waals surface area (Å²) in [6.45, 7) is 4.27. The molecule has 11 nitrogen and oxygen atoms in total. The molecule has 1 N–H and O–H groups in total. The molecule has 4 aliphatic rings. The number of fused-ring (bicyclic) bond motifs is 4. The highest BCUT2D eigenvalue weighted by molar-refractivity contribution is 6.13. The number of rotatable bonds is 7. The maximum absolute atomic E-state index is 15.3. The van der Waals surface area contributed by atoms with E-state index in [0.717, 1.165) is 53.8 Å². The zero-order valence-electron chi connectivity index (χ0n) is 32.7. The molecule has 1 saturated heterocycles. The van der Waals surface area contributed by atoms with Crippen molar-refractivity contribution in [3.05, 3.63) is 125 Å². The van der Waals surface area contributed by atoms with Gasteiger partial charge in [-0.05, 0) is 110 Å². The summed E-state index contributed by atoms with van der Waals surface area (Å²) < 4.78 is 36.9. The van der Waals surface area contributed by atoms with Crippen molar-refractivity contribution in [1.82, 2.24) is 18.9 Å². The topological polar surface area (TPSA) is 102 Å². The monoisotopic (exact) mass is 817 g/mol. The van der Waals surface area contributed by atoms with E-state index in [4.69, 9.17) is 14.2 Å². The third-order valence-corrected chi connectivity index (χ3v) is 12.2. The third-order valence-electron chi connectivity index (χ3n) is 12.2. The van der Waals surface area contributed by atoms with Crippen LogP contribution < -0.4 is 14.4 Å². The Balaban J connectivity index is 0.00000449. The number of ether oxygens (including phenoxy) is 3. The predicted molar refractivity (Wildman–Crippen MR) is 225 cm³/mol. The molecule has 6 aromatic rings. The Labute approximate surface area is 347 Å². The number of hydrogen-bond acceptors (Lipinski definition) is 7. The highest BCUT2D eigenvalue weighted by Crippen LogP contribution is 2.43. The van der Waals surface area contributed by atoms with Crippen molar-refractivity contribution in [2.75, 3.05) is 44.5 Å². The second-order valence-electron chi connectivity index (χ2n) is 15.7. The van der Waals surface area contributed by atoms with Gasteiger partial charge < -0.3 is 33.4 Å². The number of carbonyl (C=O) groups excluding carboxylic acids is 2. The van der Waals surface area contributed by atoms with Crippen molar-refractivity contribution in [2.45, 2.75) is 44.8 Å². The molecule has 1 atom stereocenters. The maximum atomic E-state index is 15.3. The van der Waals surface area contributed by atoms with Gasteiger partial charge in [0.25, 0.3) is 11.8 Å². The van der Waals surface area contributed by atoms with Gasteiger partial charge in [-0.3, -0.25) is 19.4 Å². The van der Waals surface area contributed by atoms with Crippen LogP contribution in [0.1, 0.15) is 50.4 Å². The number of hydrogen-bond donors (Lipinski definition) is 1. The highest BCUT2D eigenvalue weighted by Gasteiger charge is 2.37. The number of anilines is 2. The molecule has 4 aromatic carbocycles. The van der Waals surface area contributed by atoms with Gasteiger partial charge in [-0.1, -0.05) is 12.1 Å². The molecule has 2 aromatic heterocycles. The lowest BCUT2D eigenvalue weighted by molar-refractivity contribution is 0.0191. The third kappa shape index (κ3) is 6.98. The molecule has 59 heavy (non-hydrogen) atoms. The normalized spacial score (nSPS) is 17.3. The molecule has 10 rings (SSSR count). The second-order valence-corrected chi connectivity index (χ2v) is 15.7. The Hall–Kier alpha value is -5.82. The van der Waals surface area contributed by atoms with Gasteiger partial charge in [-0.25, -0.2) is 4.39 Å². The number of halogens is 2. The number of carbonyl (C=O) groups is 2. The molecule has 0 aliphatic carbocycles. The van der Waals surface area contributed by atoms with Crippen LogP contribution in [-0.4, -0.2) is 81.5 Å². The number of morpholine rings is 1. The van der Waals surface area contributed by atoms with Gasteiger partial charge in [0.1, 0.15) is 11.6 Å². The largest absolute Gasteiger partial charge is 0.508 e. The average Bonchev–Trinajstić information content (AvgIpc) is 3.98. The van der Waals surface area contributed by atoms with Crippen molar-refractivity contribution < 1.29 is 33.3 Å². The van der Waals surface area contributed by atoms with Crippen LogP contribution in [0.4, 0.5) is 15.8 Å². The van der Waals surface area contributed by atoms with Gasteiger partial charge in [0.2, 0.25) is 6.79 Å². The van der Waals surface area contributed by atoms with E-state index >= 15 is 14.0 Å². The molecule has 6 heterocycles. The van der Waals surface area contributed by atoms with E-state index in [1.807, 2.05) is 65.2 Å². The molecule has 0 saturated carbocycles. The van der Waals surface area contributed by atoms with Crippen LogP contribution in [0.2, 0.25) is 0 Å². The second kappa shape index (κ2) is 15.7. The lowest BCUT2D eigenvalue weighted by atomic mass is 9.91. The number of aromatic hydroxyl groups is 1. The Morgan fingerprint density at radius 1 is 0.881 bits per heavy atom. The van der Waals surface area contributed by atoms with Crippen molar-refractivity contribution in [1.29, 1.82) is 0 Å². The van der Waals surface area contributed by atoms with E-state index in [1.54, 1.807) is 41.3 Å². The first kappa shape index (κ1) is 38.7. The summed E-state index contributed by atoms with van der Waals surface area (Å²) in [6.07, 6.45) is 4.91. The van der Waals surface area contributed by atoms with E-state index in [1.165, 1.54) is 6.07 Å². The van der Waals surface area contributed by atoms with Crippen LogP contribution in [0.5, 0.6) is 17.2 Å². The number of nitrogens with zero attached hydrogens (tertiary/aromatic N) is 5. The molecular weight excluding hydrogens is 773 g/mol. The predicted octanol–water partition coefficient (Wildman–Crippen LogP) is 7.86. The Kier molecular flexibility index (Phi) is 10.3. The van der Waals surface area contributed by atoms with E-state index < -0.39 is 0 Å². The van der Waals surface area contributed by atoms with Crippen LogP contribution in [0, 0.1) is 5.82 Å². The molecule has 0 bridgehead atoms. The number of phenols is 1. The van der Waals surface area contributed by atoms with Crippen LogP contribution in [0.3, 0.4) is 0 Å². The van der Waals surface area contributed by atoms with E-state index in [9.17, 15) is 5.11 Å². The lowest BCUT2D eigenvalue weighted by Gasteiger charge is -2.40. The zero-order valence-corrected chi connectivity index (χ0v) is 33.6. The van der Waals surface area contributed by atoms with Crippen LogP contribution in [-0.2, 0) is 37.7 Å². The first-order valence-electron chi connectivity index (χ1n) is 20.0. The summed E-state index contributed by atoms with van der Waals surface area (Å²) in [5.41, 5.74) is 7.07. The van der Waals surface area contributed by atoms with Crippen LogP contribution >= 0.6 is 12.4 Å². The van der Waals surface area contributed by atoms with Gasteiger partial charge >= 0.3 is 0 Å². The Bertz CT molecular complexity index is 2580. The Morgan fingerprint density at radius 2 is 1.66 bits per heavy atom. The molecule has 304 valence electrons. The summed E-state index contributed by atoms with van der Waals surface area (Å²) in [5, 5.41) is 11.2. The fraction of sp³-hybridized carbons (Fsp3) is 0.304.